The molecule has 28 heavy (non-hydrogen) atoms. The molecule has 1 aliphatic rings. The normalized spacial score (nSPS) is 19.6. The molecule has 0 bridgehead atoms. The maximum atomic E-state index is 13.2. The molecule has 1 saturated heterocycles. The van der Waals surface area contributed by atoms with E-state index >= 15 is 0 Å². The predicted octanol–water partition coefficient (Wildman–Crippen LogP) is 2.39. The molecular formula is C19H19FN2O5S. The van der Waals surface area contributed by atoms with Crippen molar-refractivity contribution in [2.24, 2.45) is 0 Å². The number of amides is 3. The van der Waals surface area contributed by atoms with E-state index in [-0.39, 0.29) is 18.7 Å². The van der Waals surface area contributed by atoms with Crippen LogP contribution in [0.25, 0.3) is 0 Å². The number of imide groups is 1. The molecule has 2 aromatic rings. The van der Waals surface area contributed by atoms with E-state index in [1.807, 2.05) is 0 Å². The first-order valence-corrected chi connectivity index (χ1v) is 10.2. The van der Waals surface area contributed by atoms with Gasteiger partial charge in [-0.1, -0.05) is 37.3 Å². The molecule has 1 atom stereocenters. The smallest absolute Gasteiger partial charge is 0.325 e. The van der Waals surface area contributed by atoms with Crippen molar-refractivity contribution in [1.29, 1.82) is 0 Å². The first-order valence-electron chi connectivity index (χ1n) is 8.65. The van der Waals surface area contributed by atoms with Crippen LogP contribution in [0.4, 0.5) is 9.18 Å². The number of nitrogens with one attached hydrogen (secondary N) is 1. The molecule has 3 amide bonds. The highest BCUT2D eigenvalue weighted by molar-refractivity contribution is 7.87. The second-order valence-corrected chi connectivity index (χ2v) is 8.00. The standard InChI is InChI=1S/C19H19FN2O5S/c1-2-19(14-8-10-15(20)11-9-14)17(23)22(18(24)21-19)12-13-28(25,26)27-16-6-4-3-5-7-16/h3-11H,2,12-13H2,1H3,(H,21,24). The number of rotatable bonds is 7. The van der Waals surface area contributed by atoms with Crippen molar-refractivity contribution >= 4 is 22.1 Å². The van der Waals surface area contributed by atoms with Crippen LogP contribution in [0.1, 0.15) is 18.9 Å². The highest BCUT2D eigenvalue weighted by Crippen LogP contribution is 2.32. The van der Waals surface area contributed by atoms with Crippen molar-refractivity contribution in [3.8, 4) is 5.75 Å². The van der Waals surface area contributed by atoms with Crippen molar-refractivity contribution in [2.45, 2.75) is 18.9 Å². The molecule has 1 aliphatic heterocycles. The largest absolute Gasteiger partial charge is 0.382 e. The van der Waals surface area contributed by atoms with Gasteiger partial charge in [0.05, 0.1) is 0 Å². The number of hydrogen-bond acceptors (Lipinski definition) is 5. The van der Waals surface area contributed by atoms with Crippen molar-refractivity contribution in [3.63, 3.8) is 0 Å². The molecule has 0 radical (unpaired) electrons. The molecule has 9 heteroatoms. The zero-order chi connectivity index (χ0) is 20.4. The summed E-state index contributed by atoms with van der Waals surface area (Å²) >= 11 is 0. The Morgan fingerprint density at radius 3 is 2.32 bits per heavy atom. The number of benzene rings is 2. The maximum Gasteiger partial charge on any atom is 0.325 e. The summed E-state index contributed by atoms with van der Waals surface area (Å²) in [6.45, 7) is 1.35. The lowest BCUT2D eigenvalue weighted by Gasteiger charge is -2.25. The van der Waals surface area contributed by atoms with E-state index in [9.17, 15) is 22.4 Å². The van der Waals surface area contributed by atoms with Gasteiger partial charge in [0, 0.05) is 6.54 Å². The van der Waals surface area contributed by atoms with Crippen LogP contribution in [0, 0.1) is 5.82 Å². The van der Waals surface area contributed by atoms with Crippen LogP contribution >= 0.6 is 0 Å². The average molecular weight is 406 g/mol. The van der Waals surface area contributed by atoms with Crippen LogP contribution in [-0.4, -0.2) is 37.6 Å². The first-order chi connectivity index (χ1) is 13.3. The van der Waals surface area contributed by atoms with Gasteiger partial charge in [-0.15, -0.1) is 0 Å². The van der Waals surface area contributed by atoms with Gasteiger partial charge in [0.1, 0.15) is 22.9 Å². The van der Waals surface area contributed by atoms with E-state index < -0.39 is 39.2 Å². The van der Waals surface area contributed by atoms with E-state index in [0.717, 1.165) is 4.90 Å². The third-order valence-electron chi connectivity index (χ3n) is 4.57. The summed E-state index contributed by atoms with van der Waals surface area (Å²) in [5.41, 5.74) is -0.921. The minimum atomic E-state index is -4.01. The van der Waals surface area contributed by atoms with E-state index in [2.05, 4.69) is 5.32 Å². The fourth-order valence-electron chi connectivity index (χ4n) is 3.07. The molecule has 1 unspecified atom stereocenters. The molecule has 0 spiro atoms. The Kier molecular flexibility index (Phi) is 5.37. The lowest BCUT2D eigenvalue weighted by atomic mass is 9.87. The number of halogens is 1. The minimum Gasteiger partial charge on any atom is -0.382 e. The van der Waals surface area contributed by atoms with Gasteiger partial charge in [0.25, 0.3) is 5.91 Å². The van der Waals surface area contributed by atoms with Crippen LogP contribution in [0.2, 0.25) is 0 Å². The van der Waals surface area contributed by atoms with Gasteiger partial charge in [-0.05, 0) is 36.2 Å². The number of hydrogen-bond donors (Lipinski definition) is 1. The topological polar surface area (TPSA) is 92.8 Å². The number of nitrogens with zero attached hydrogens (tertiary/aromatic N) is 1. The van der Waals surface area contributed by atoms with E-state index in [4.69, 9.17) is 4.18 Å². The Balaban J connectivity index is 1.75. The van der Waals surface area contributed by atoms with Gasteiger partial charge in [-0.3, -0.25) is 9.69 Å². The minimum absolute atomic E-state index is 0.147. The van der Waals surface area contributed by atoms with Gasteiger partial charge in [0.2, 0.25) is 0 Å². The lowest BCUT2D eigenvalue weighted by Crippen LogP contribution is -2.43. The van der Waals surface area contributed by atoms with Crippen molar-refractivity contribution in [3.05, 3.63) is 66.0 Å². The summed E-state index contributed by atoms with van der Waals surface area (Å²) in [5, 5.41) is 2.62. The van der Waals surface area contributed by atoms with E-state index in [0.29, 0.717) is 5.56 Å². The quantitative estimate of drug-likeness (QED) is 0.563. The average Bonchev–Trinajstić information content (AvgIpc) is 2.92. The lowest BCUT2D eigenvalue weighted by molar-refractivity contribution is -0.131. The Morgan fingerprint density at radius 1 is 1.07 bits per heavy atom. The van der Waals surface area contributed by atoms with Gasteiger partial charge in [0.15, 0.2) is 0 Å². The zero-order valence-electron chi connectivity index (χ0n) is 15.1. The predicted molar refractivity (Wildman–Crippen MR) is 99.5 cm³/mol. The third-order valence-corrected chi connectivity index (χ3v) is 5.70. The summed E-state index contributed by atoms with van der Waals surface area (Å²) in [5.74, 6) is -1.45. The molecule has 0 saturated carbocycles. The van der Waals surface area contributed by atoms with E-state index in [1.165, 1.54) is 36.4 Å². The van der Waals surface area contributed by atoms with E-state index in [1.54, 1.807) is 25.1 Å². The van der Waals surface area contributed by atoms with Crippen LogP contribution in [-0.2, 0) is 20.5 Å². The summed E-state index contributed by atoms with van der Waals surface area (Å²) in [4.78, 5) is 26.1. The summed E-state index contributed by atoms with van der Waals surface area (Å²) < 4.78 is 42.5. The fraction of sp³-hybridized carbons (Fsp3) is 0.263. The van der Waals surface area contributed by atoms with Gasteiger partial charge in [-0.2, -0.15) is 8.42 Å². The van der Waals surface area contributed by atoms with Crippen LogP contribution in [0.5, 0.6) is 5.75 Å². The maximum absolute atomic E-state index is 13.2. The molecule has 7 nitrogen and oxygen atoms in total. The molecule has 1 N–H and O–H groups in total. The van der Waals surface area contributed by atoms with Gasteiger partial charge < -0.3 is 9.50 Å². The van der Waals surface area contributed by atoms with Crippen LogP contribution < -0.4 is 9.50 Å². The molecule has 2 aromatic carbocycles. The Bertz CT molecular complexity index is 979. The van der Waals surface area contributed by atoms with Crippen LogP contribution in [0.15, 0.2) is 54.6 Å². The van der Waals surface area contributed by atoms with Crippen LogP contribution in [0.3, 0.4) is 0 Å². The number of urea groups is 1. The number of carbonyl (C=O) groups excluding carboxylic acids is 2. The zero-order valence-corrected chi connectivity index (χ0v) is 15.9. The molecule has 0 aliphatic carbocycles. The first kappa shape index (κ1) is 19.8. The van der Waals surface area contributed by atoms with Crippen molar-refractivity contribution in [2.75, 3.05) is 12.3 Å². The van der Waals surface area contributed by atoms with Crippen molar-refractivity contribution < 1.29 is 26.6 Å². The molecule has 1 fully saturated rings. The summed E-state index contributed by atoms with van der Waals surface area (Å²) in [7, 11) is -4.01. The Morgan fingerprint density at radius 2 is 1.71 bits per heavy atom. The number of carbonyl (C=O) groups is 2. The van der Waals surface area contributed by atoms with Gasteiger partial charge >= 0.3 is 16.1 Å². The molecule has 3 rings (SSSR count). The summed E-state index contributed by atoms with van der Waals surface area (Å²) in [6.07, 6.45) is 0.229. The molecule has 148 valence electrons. The Hall–Kier alpha value is -2.94. The SMILES string of the molecule is CCC1(c2ccc(F)cc2)NC(=O)N(CCS(=O)(=O)Oc2ccccc2)C1=O. The second kappa shape index (κ2) is 7.59. The monoisotopic (exact) mass is 406 g/mol. The number of para-hydroxylation sites is 1. The van der Waals surface area contributed by atoms with Crippen molar-refractivity contribution in [1.82, 2.24) is 10.2 Å². The second-order valence-electron chi connectivity index (χ2n) is 6.31. The summed E-state index contributed by atoms with van der Waals surface area (Å²) in [6, 6.07) is 12.5. The Labute approximate surface area is 162 Å². The highest BCUT2D eigenvalue weighted by atomic mass is 32.2. The molecule has 1 heterocycles. The van der Waals surface area contributed by atoms with Gasteiger partial charge in [-0.25, -0.2) is 9.18 Å². The molecule has 0 aromatic heterocycles. The third kappa shape index (κ3) is 3.84. The molecular weight excluding hydrogens is 387 g/mol. The fourth-order valence-corrected chi connectivity index (χ4v) is 3.96. The highest BCUT2D eigenvalue weighted by Gasteiger charge is 2.51.